The van der Waals surface area contributed by atoms with E-state index in [1.807, 2.05) is 25.1 Å². The molecule has 2 rings (SSSR count). The van der Waals surface area contributed by atoms with Gasteiger partial charge >= 0.3 is 0 Å². The first-order valence-corrected chi connectivity index (χ1v) is 6.30. The van der Waals surface area contributed by atoms with E-state index in [-0.39, 0.29) is 5.82 Å². The second kappa shape index (κ2) is 5.93. The van der Waals surface area contributed by atoms with Crippen molar-refractivity contribution in [1.29, 1.82) is 0 Å². The fraction of sp³-hybridized carbons (Fsp3) is 0.200. The summed E-state index contributed by atoms with van der Waals surface area (Å²) in [5, 5.41) is 3.71. The first-order chi connectivity index (χ1) is 9.10. The van der Waals surface area contributed by atoms with Crippen LogP contribution in [0, 0.1) is 12.7 Å². The molecule has 0 fully saturated rings. The Morgan fingerprint density at radius 3 is 2.63 bits per heavy atom. The molecule has 4 heteroatoms. The maximum atomic E-state index is 12.9. The first kappa shape index (κ1) is 13.7. The van der Waals surface area contributed by atoms with Crippen molar-refractivity contribution in [2.75, 3.05) is 12.4 Å². The molecule has 2 nitrogen and oxygen atoms in total. The number of aryl methyl sites for hydroxylation is 1. The molecule has 0 aliphatic rings. The molecule has 0 atom stereocenters. The number of hydrogen-bond donors (Lipinski definition) is 1. The molecule has 0 bridgehead atoms. The zero-order valence-corrected chi connectivity index (χ0v) is 11.6. The fourth-order valence-electron chi connectivity index (χ4n) is 1.82. The Morgan fingerprint density at radius 2 is 2.00 bits per heavy atom. The molecule has 0 saturated carbocycles. The van der Waals surface area contributed by atoms with Crippen LogP contribution in [0.3, 0.4) is 0 Å². The van der Waals surface area contributed by atoms with E-state index >= 15 is 0 Å². The van der Waals surface area contributed by atoms with E-state index in [9.17, 15) is 4.39 Å². The van der Waals surface area contributed by atoms with Crippen molar-refractivity contribution in [3.05, 3.63) is 58.4 Å². The molecule has 0 amide bonds. The molecule has 0 heterocycles. The highest BCUT2D eigenvalue weighted by molar-refractivity contribution is 6.31. The second-order valence-electron chi connectivity index (χ2n) is 4.27. The number of anilines is 1. The smallest absolute Gasteiger partial charge is 0.124 e. The maximum absolute atomic E-state index is 12.9. The van der Waals surface area contributed by atoms with Crippen molar-refractivity contribution < 1.29 is 9.13 Å². The average Bonchev–Trinajstić information content (AvgIpc) is 2.39. The lowest BCUT2D eigenvalue weighted by Gasteiger charge is -2.12. The molecule has 0 unspecified atom stereocenters. The van der Waals surface area contributed by atoms with Gasteiger partial charge in [0, 0.05) is 17.3 Å². The van der Waals surface area contributed by atoms with Crippen LogP contribution in [0.2, 0.25) is 5.02 Å². The summed E-state index contributed by atoms with van der Waals surface area (Å²) in [7, 11) is 1.64. The van der Waals surface area contributed by atoms with Crippen LogP contribution in [0.5, 0.6) is 5.75 Å². The van der Waals surface area contributed by atoms with Gasteiger partial charge in [0.15, 0.2) is 0 Å². The molecule has 0 aliphatic carbocycles. The van der Waals surface area contributed by atoms with Gasteiger partial charge in [-0.15, -0.1) is 0 Å². The second-order valence-corrected chi connectivity index (χ2v) is 4.68. The summed E-state index contributed by atoms with van der Waals surface area (Å²) in [6.45, 7) is 2.55. The van der Waals surface area contributed by atoms with Gasteiger partial charge in [-0.1, -0.05) is 17.7 Å². The van der Waals surface area contributed by atoms with Crippen LogP contribution in [0.15, 0.2) is 36.4 Å². The quantitative estimate of drug-likeness (QED) is 0.895. The van der Waals surface area contributed by atoms with Crippen LogP contribution in [0.25, 0.3) is 0 Å². The molecule has 0 radical (unpaired) electrons. The lowest BCUT2D eigenvalue weighted by Crippen LogP contribution is -2.02. The number of halogens is 2. The molecule has 1 N–H and O–H groups in total. The molecule has 0 aromatic heterocycles. The number of benzene rings is 2. The van der Waals surface area contributed by atoms with Crippen molar-refractivity contribution in [2.45, 2.75) is 13.5 Å². The largest absolute Gasteiger partial charge is 0.497 e. The predicted molar refractivity (Wildman–Crippen MR) is 76.5 cm³/mol. The molecule has 0 spiro atoms. The minimum Gasteiger partial charge on any atom is -0.497 e. The number of methoxy groups -OCH3 is 1. The van der Waals surface area contributed by atoms with Crippen molar-refractivity contribution in [3.63, 3.8) is 0 Å². The Hall–Kier alpha value is -1.74. The molecule has 0 aliphatic heterocycles. The molecule has 2 aromatic rings. The predicted octanol–water partition coefficient (Wildman–Crippen LogP) is 4.41. The van der Waals surface area contributed by atoms with Gasteiger partial charge in [-0.25, -0.2) is 4.39 Å². The topological polar surface area (TPSA) is 21.3 Å². The van der Waals surface area contributed by atoms with E-state index in [1.165, 1.54) is 12.1 Å². The number of ether oxygens (including phenoxy) is 1. The van der Waals surface area contributed by atoms with E-state index in [0.29, 0.717) is 11.6 Å². The van der Waals surface area contributed by atoms with E-state index < -0.39 is 0 Å². The first-order valence-electron chi connectivity index (χ1n) is 5.92. The van der Waals surface area contributed by atoms with Crippen LogP contribution < -0.4 is 10.1 Å². The van der Waals surface area contributed by atoms with E-state index in [4.69, 9.17) is 16.3 Å². The number of hydrogen-bond acceptors (Lipinski definition) is 2. The minimum absolute atomic E-state index is 0.325. The third-order valence-electron chi connectivity index (χ3n) is 2.92. The zero-order chi connectivity index (χ0) is 13.8. The Balaban J connectivity index is 2.10. The molecule has 2 aromatic carbocycles. The van der Waals surface area contributed by atoms with Gasteiger partial charge in [-0.3, -0.25) is 0 Å². The average molecular weight is 280 g/mol. The summed E-state index contributed by atoms with van der Waals surface area (Å²) < 4.78 is 18.1. The molecule has 0 saturated heterocycles. The highest BCUT2D eigenvalue weighted by Gasteiger charge is 2.04. The van der Waals surface area contributed by atoms with E-state index in [1.54, 1.807) is 13.2 Å². The maximum Gasteiger partial charge on any atom is 0.124 e. The fourth-order valence-corrected chi connectivity index (χ4v) is 2.05. The lowest BCUT2D eigenvalue weighted by molar-refractivity contribution is 0.414. The normalized spacial score (nSPS) is 10.3. The molecule has 100 valence electrons. The third-order valence-corrected chi connectivity index (χ3v) is 3.27. The Morgan fingerprint density at radius 1 is 1.21 bits per heavy atom. The van der Waals surface area contributed by atoms with Crippen LogP contribution in [0.4, 0.5) is 10.1 Å². The molecule has 19 heavy (non-hydrogen) atoms. The summed E-state index contributed by atoms with van der Waals surface area (Å²) in [5.74, 6) is 0.497. The van der Waals surface area contributed by atoms with Crippen LogP contribution in [-0.4, -0.2) is 7.11 Å². The molecular formula is C15H15ClFNO. The lowest BCUT2D eigenvalue weighted by atomic mass is 10.1. The summed E-state index contributed by atoms with van der Waals surface area (Å²) in [5.41, 5.74) is 2.94. The number of nitrogens with one attached hydrogen (secondary N) is 1. The van der Waals surface area contributed by atoms with Gasteiger partial charge in [0.2, 0.25) is 0 Å². The monoisotopic (exact) mass is 279 g/mol. The van der Waals surface area contributed by atoms with Gasteiger partial charge < -0.3 is 10.1 Å². The summed E-state index contributed by atoms with van der Waals surface area (Å²) in [6, 6.07) is 10.2. The Kier molecular flexibility index (Phi) is 4.27. The van der Waals surface area contributed by atoms with Crippen LogP contribution in [0.1, 0.15) is 11.1 Å². The van der Waals surface area contributed by atoms with Crippen molar-refractivity contribution in [1.82, 2.24) is 0 Å². The highest BCUT2D eigenvalue weighted by Crippen LogP contribution is 2.23. The van der Waals surface area contributed by atoms with Gasteiger partial charge in [-0.05, 0) is 48.4 Å². The highest BCUT2D eigenvalue weighted by atomic mass is 35.5. The van der Waals surface area contributed by atoms with E-state index in [0.717, 1.165) is 22.6 Å². The summed E-state index contributed by atoms with van der Waals surface area (Å²) in [4.78, 5) is 0. The van der Waals surface area contributed by atoms with Crippen molar-refractivity contribution in [2.24, 2.45) is 0 Å². The van der Waals surface area contributed by atoms with Crippen LogP contribution in [-0.2, 0) is 6.54 Å². The Bertz CT molecular complexity index is 586. The van der Waals surface area contributed by atoms with Gasteiger partial charge in [0.1, 0.15) is 11.6 Å². The third kappa shape index (κ3) is 3.38. The van der Waals surface area contributed by atoms with E-state index in [2.05, 4.69) is 5.32 Å². The van der Waals surface area contributed by atoms with Gasteiger partial charge in [0.25, 0.3) is 0 Å². The SMILES string of the molecule is COc1ccc(NCc2ccc(F)cc2Cl)c(C)c1. The van der Waals surface area contributed by atoms with Crippen molar-refractivity contribution in [3.8, 4) is 5.75 Å². The Labute approximate surface area is 117 Å². The standard InChI is InChI=1S/C15H15ClFNO/c1-10-7-13(19-2)5-6-15(10)18-9-11-3-4-12(17)8-14(11)16/h3-8,18H,9H2,1-2H3. The summed E-state index contributed by atoms with van der Waals surface area (Å²) in [6.07, 6.45) is 0. The minimum atomic E-state index is -0.325. The van der Waals surface area contributed by atoms with Gasteiger partial charge in [0.05, 0.1) is 7.11 Å². The number of rotatable bonds is 4. The summed E-state index contributed by atoms with van der Waals surface area (Å²) >= 11 is 5.98. The van der Waals surface area contributed by atoms with Gasteiger partial charge in [-0.2, -0.15) is 0 Å². The van der Waals surface area contributed by atoms with Crippen molar-refractivity contribution >= 4 is 17.3 Å². The zero-order valence-electron chi connectivity index (χ0n) is 10.8. The van der Waals surface area contributed by atoms with Crippen LogP contribution >= 0.6 is 11.6 Å². The molecular weight excluding hydrogens is 265 g/mol.